The van der Waals surface area contributed by atoms with Gasteiger partial charge in [-0.2, -0.15) is 0 Å². The number of alkyl halides is 1. The Morgan fingerprint density at radius 1 is 1.83 bits per heavy atom. The van der Waals surface area contributed by atoms with Gasteiger partial charge in [-0.25, -0.2) is 9.18 Å². The summed E-state index contributed by atoms with van der Waals surface area (Å²) >= 11 is 0. The molecule has 0 aliphatic carbocycles. The average molecular weight is 101 g/mol. The van der Waals surface area contributed by atoms with Crippen LogP contribution >= 0.6 is 0 Å². The maximum atomic E-state index is 10.5. The van der Waals surface area contributed by atoms with Crippen LogP contribution in [0.2, 0.25) is 0 Å². The van der Waals surface area contributed by atoms with Crippen molar-refractivity contribution < 1.29 is 14.3 Å². The fraction of sp³-hybridized carbons (Fsp3) is 0.500. The molecule has 0 unspecified atom stereocenters. The van der Waals surface area contributed by atoms with E-state index in [4.69, 9.17) is 9.90 Å². The van der Waals surface area contributed by atoms with E-state index in [2.05, 4.69) is 0 Å². The van der Waals surface area contributed by atoms with Gasteiger partial charge in [0, 0.05) is 29.6 Å². The molecule has 6 heavy (non-hydrogen) atoms. The Kier molecular flexibility index (Phi) is 8.68. The Balaban J connectivity index is 0. The van der Waals surface area contributed by atoms with E-state index in [1.807, 2.05) is 0 Å². The minimum Gasteiger partial charge on any atom is -0.479 e. The minimum absolute atomic E-state index is 0. The third-order valence-electron chi connectivity index (χ3n) is 0.114. The zero-order chi connectivity index (χ0) is 4.28. The van der Waals surface area contributed by atoms with Gasteiger partial charge in [-0.3, -0.25) is 0 Å². The summed E-state index contributed by atoms with van der Waals surface area (Å²) in [6, 6.07) is 0. The van der Waals surface area contributed by atoms with Crippen LogP contribution in [-0.2, 0) is 4.79 Å². The Bertz CT molecular complexity index is 46.8. The Labute approximate surface area is 56.6 Å². The van der Waals surface area contributed by atoms with Crippen molar-refractivity contribution in [2.45, 2.75) is 0 Å². The van der Waals surface area contributed by atoms with Crippen LogP contribution in [-0.4, -0.2) is 47.3 Å². The molecule has 0 aromatic carbocycles. The molecular formula is C2H3FNaO2. The van der Waals surface area contributed by atoms with Crippen LogP contribution < -0.4 is 0 Å². The number of carboxylic acids is 1. The molecule has 0 aromatic heterocycles. The number of halogens is 1. The van der Waals surface area contributed by atoms with Gasteiger partial charge in [0.15, 0.2) is 6.67 Å². The molecule has 0 spiro atoms. The van der Waals surface area contributed by atoms with E-state index in [-0.39, 0.29) is 29.6 Å². The molecule has 4 heteroatoms. The predicted octanol–water partition coefficient (Wildman–Crippen LogP) is -0.340. The summed E-state index contributed by atoms with van der Waals surface area (Å²) in [6.45, 7) is -1.28. The molecule has 1 radical (unpaired) electrons. The first-order valence-corrected chi connectivity index (χ1v) is 1.05. The summed E-state index contributed by atoms with van der Waals surface area (Å²) in [5.41, 5.74) is 0. The van der Waals surface area contributed by atoms with E-state index in [0.717, 1.165) is 0 Å². The number of hydrogen-bond donors (Lipinski definition) is 1. The van der Waals surface area contributed by atoms with Crippen molar-refractivity contribution in [3.63, 3.8) is 0 Å². The van der Waals surface area contributed by atoms with Crippen LogP contribution in [0.1, 0.15) is 0 Å². The first-order valence-electron chi connectivity index (χ1n) is 1.05. The third kappa shape index (κ3) is 8.83. The van der Waals surface area contributed by atoms with Crippen molar-refractivity contribution in [3.05, 3.63) is 0 Å². The number of carboxylic acid groups (broad SMARTS) is 1. The first kappa shape index (κ1) is 9.64. The molecule has 0 heterocycles. The zero-order valence-electron chi connectivity index (χ0n) is 3.44. The third-order valence-corrected chi connectivity index (χ3v) is 0.114. The second-order valence-electron chi connectivity index (χ2n) is 0.527. The van der Waals surface area contributed by atoms with Crippen LogP contribution in [0.4, 0.5) is 4.39 Å². The topological polar surface area (TPSA) is 37.3 Å². The second kappa shape index (κ2) is 5.40. The van der Waals surface area contributed by atoms with E-state index in [1.54, 1.807) is 0 Å². The summed E-state index contributed by atoms with van der Waals surface area (Å²) in [6.07, 6.45) is 0. The SMILES string of the molecule is O=C(O)CF.[Na]. The first-order chi connectivity index (χ1) is 2.27. The van der Waals surface area contributed by atoms with E-state index in [1.165, 1.54) is 0 Å². The Hall–Kier alpha value is 0.400. The fourth-order valence-electron chi connectivity index (χ4n) is 0. The molecule has 0 aliphatic heterocycles. The van der Waals surface area contributed by atoms with Crippen LogP contribution in [0.3, 0.4) is 0 Å². The van der Waals surface area contributed by atoms with Crippen molar-refractivity contribution in [1.82, 2.24) is 0 Å². The standard InChI is InChI=1S/C2H3FO2.Na/c3-1-2(4)5;/h1H2,(H,4,5);. The van der Waals surface area contributed by atoms with Gasteiger partial charge in [-0.15, -0.1) is 0 Å². The maximum absolute atomic E-state index is 10.5. The number of carbonyl (C=O) groups is 1. The van der Waals surface area contributed by atoms with Crippen LogP contribution in [0.15, 0.2) is 0 Å². The van der Waals surface area contributed by atoms with Gasteiger partial charge in [0.05, 0.1) is 0 Å². The van der Waals surface area contributed by atoms with Gasteiger partial charge in [0.25, 0.3) is 0 Å². The smallest absolute Gasteiger partial charge is 0.335 e. The molecule has 0 saturated heterocycles. The van der Waals surface area contributed by atoms with E-state index < -0.39 is 12.6 Å². The van der Waals surface area contributed by atoms with Gasteiger partial charge in [0.1, 0.15) is 0 Å². The normalized spacial score (nSPS) is 6.17. The monoisotopic (exact) mass is 101 g/mol. The molecule has 0 rings (SSSR count). The van der Waals surface area contributed by atoms with Crippen LogP contribution in [0.5, 0.6) is 0 Å². The number of hydrogen-bond acceptors (Lipinski definition) is 1. The van der Waals surface area contributed by atoms with Crippen molar-refractivity contribution in [3.8, 4) is 0 Å². The second-order valence-corrected chi connectivity index (χ2v) is 0.527. The Morgan fingerprint density at radius 2 is 2.00 bits per heavy atom. The van der Waals surface area contributed by atoms with Crippen LogP contribution in [0.25, 0.3) is 0 Å². The van der Waals surface area contributed by atoms with Crippen molar-refractivity contribution in [1.29, 1.82) is 0 Å². The molecule has 0 atom stereocenters. The average Bonchev–Trinajstić information content (AvgIpc) is 1.38. The number of aliphatic carboxylic acids is 1. The van der Waals surface area contributed by atoms with Gasteiger partial charge in [-0.05, 0) is 0 Å². The zero-order valence-corrected chi connectivity index (χ0v) is 5.44. The molecule has 0 aliphatic rings. The van der Waals surface area contributed by atoms with Gasteiger partial charge >= 0.3 is 5.97 Å². The van der Waals surface area contributed by atoms with E-state index >= 15 is 0 Å². The molecule has 0 aromatic rings. The van der Waals surface area contributed by atoms with Crippen molar-refractivity contribution in [2.24, 2.45) is 0 Å². The van der Waals surface area contributed by atoms with Crippen LogP contribution in [0, 0.1) is 0 Å². The van der Waals surface area contributed by atoms with Gasteiger partial charge < -0.3 is 5.11 Å². The predicted molar refractivity (Wildman–Crippen MR) is 19.4 cm³/mol. The quantitative estimate of drug-likeness (QED) is 0.459. The molecule has 31 valence electrons. The summed E-state index contributed by atoms with van der Waals surface area (Å²) < 4.78 is 10.5. The molecule has 1 N–H and O–H groups in total. The summed E-state index contributed by atoms with van der Waals surface area (Å²) in [7, 11) is 0. The molecule has 0 amide bonds. The fourth-order valence-corrected chi connectivity index (χ4v) is 0. The minimum atomic E-state index is -1.41. The molecule has 0 saturated carbocycles. The summed E-state index contributed by atoms with van der Waals surface area (Å²) in [5, 5.41) is 7.35. The maximum Gasteiger partial charge on any atom is 0.335 e. The van der Waals surface area contributed by atoms with Gasteiger partial charge in [0.2, 0.25) is 0 Å². The Morgan fingerprint density at radius 3 is 2.00 bits per heavy atom. The number of rotatable bonds is 1. The largest absolute Gasteiger partial charge is 0.479 e. The molecule has 0 fully saturated rings. The summed E-state index contributed by atoms with van der Waals surface area (Å²) in [4.78, 5) is 8.99. The molecular weight excluding hydrogens is 98.0 g/mol. The van der Waals surface area contributed by atoms with E-state index in [0.29, 0.717) is 0 Å². The van der Waals surface area contributed by atoms with Crippen molar-refractivity contribution >= 4 is 35.5 Å². The van der Waals surface area contributed by atoms with E-state index in [9.17, 15) is 4.39 Å². The summed E-state index contributed by atoms with van der Waals surface area (Å²) in [5.74, 6) is -1.41. The van der Waals surface area contributed by atoms with Gasteiger partial charge in [-0.1, -0.05) is 0 Å². The molecule has 2 nitrogen and oxygen atoms in total. The van der Waals surface area contributed by atoms with Crippen molar-refractivity contribution in [2.75, 3.05) is 6.67 Å². The molecule has 0 bridgehead atoms.